The van der Waals surface area contributed by atoms with E-state index in [4.69, 9.17) is 0 Å². The van der Waals surface area contributed by atoms with E-state index >= 15 is 0 Å². The van der Waals surface area contributed by atoms with E-state index in [2.05, 4.69) is 15.3 Å². The van der Waals surface area contributed by atoms with Gasteiger partial charge in [0.05, 0.1) is 23.1 Å². The van der Waals surface area contributed by atoms with E-state index in [0.717, 1.165) is 22.3 Å². The molecule has 0 unspecified atom stereocenters. The molecule has 0 spiro atoms. The van der Waals surface area contributed by atoms with Gasteiger partial charge in [-0.2, -0.15) is 0 Å². The molecule has 3 heterocycles. The predicted molar refractivity (Wildman–Crippen MR) is 107 cm³/mol. The van der Waals surface area contributed by atoms with Gasteiger partial charge < -0.3 is 15.1 Å². The molecule has 142 valence electrons. The molecular weight excluding hydrogens is 354 g/mol. The molecule has 3 aromatic rings. The summed E-state index contributed by atoms with van der Waals surface area (Å²) in [5.74, 6) is -0.0647. The number of nitrogens with one attached hydrogen (secondary N) is 1. The van der Waals surface area contributed by atoms with Crippen LogP contribution < -0.4 is 5.32 Å². The minimum atomic E-state index is -0.110. The second-order valence-corrected chi connectivity index (χ2v) is 6.74. The highest BCUT2D eigenvalue weighted by molar-refractivity contribution is 5.94. The number of nitrogens with zero attached hydrogens (tertiary/aromatic N) is 4. The van der Waals surface area contributed by atoms with Crippen LogP contribution in [0.1, 0.15) is 17.4 Å². The zero-order valence-corrected chi connectivity index (χ0v) is 15.6. The Hall–Kier alpha value is -3.48. The topological polar surface area (TPSA) is 78.4 Å². The van der Waals surface area contributed by atoms with Crippen LogP contribution in [0, 0.1) is 0 Å². The number of rotatable bonds is 3. The molecule has 28 heavy (non-hydrogen) atoms. The smallest absolute Gasteiger partial charge is 0.272 e. The lowest BCUT2D eigenvalue weighted by molar-refractivity contribution is -0.130. The van der Waals surface area contributed by atoms with E-state index in [1.54, 1.807) is 35.2 Å². The van der Waals surface area contributed by atoms with E-state index in [-0.39, 0.29) is 11.8 Å². The Morgan fingerprint density at radius 2 is 1.68 bits per heavy atom. The molecule has 0 radical (unpaired) electrons. The number of piperazine rings is 1. The number of pyridine rings is 2. The summed E-state index contributed by atoms with van der Waals surface area (Å²) in [6.45, 7) is 3.74. The number of carbonyl (C=O) groups is 2. The Morgan fingerprint density at radius 3 is 2.39 bits per heavy atom. The van der Waals surface area contributed by atoms with Gasteiger partial charge in [-0.1, -0.05) is 18.2 Å². The molecule has 1 fully saturated rings. The first-order valence-electron chi connectivity index (χ1n) is 9.23. The summed E-state index contributed by atoms with van der Waals surface area (Å²) in [6.07, 6.45) is 3.42. The lowest BCUT2D eigenvalue weighted by atomic mass is 10.2. The summed E-state index contributed by atoms with van der Waals surface area (Å²) in [5, 5.41) is 4.37. The van der Waals surface area contributed by atoms with Crippen LogP contribution >= 0.6 is 0 Å². The average Bonchev–Trinajstić information content (AvgIpc) is 2.74. The third kappa shape index (κ3) is 3.64. The van der Waals surface area contributed by atoms with Gasteiger partial charge in [-0.05, 0) is 24.3 Å². The van der Waals surface area contributed by atoms with Crippen LogP contribution in [0.2, 0.25) is 0 Å². The largest absolute Gasteiger partial charge is 0.352 e. The summed E-state index contributed by atoms with van der Waals surface area (Å²) in [4.78, 5) is 36.3. The van der Waals surface area contributed by atoms with Gasteiger partial charge >= 0.3 is 0 Å². The Morgan fingerprint density at radius 1 is 0.929 bits per heavy atom. The molecule has 7 heteroatoms. The van der Waals surface area contributed by atoms with E-state index in [0.29, 0.717) is 31.9 Å². The molecule has 0 saturated carbocycles. The first kappa shape index (κ1) is 17.9. The number of amides is 2. The van der Waals surface area contributed by atoms with Gasteiger partial charge in [-0.25, -0.2) is 4.98 Å². The molecule has 1 aromatic carbocycles. The lowest BCUT2D eigenvalue weighted by Crippen LogP contribution is -2.50. The molecule has 0 bridgehead atoms. The molecule has 0 aliphatic carbocycles. The summed E-state index contributed by atoms with van der Waals surface area (Å²) in [7, 11) is 0. The molecule has 2 aromatic heterocycles. The number of carbonyl (C=O) groups excluding carboxylic acids is 2. The van der Waals surface area contributed by atoms with Crippen LogP contribution in [-0.4, -0.2) is 57.8 Å². The Kier molecular flexibility index (Phi) is 4.89. The fourth-order valence-corrected chi connectivity index (χ4v) is 3.34. The van der Waals surface area contributed by atoms with Crippen LogP contribution in [-0.2, 0) is 4.79 Å². The first-order valence-corrected chi connectivity index (χ1v) is 9.23. The van der Waals surface area contributed by atoms with Crippen LogP contribution in [0.15, 0.2) is 54.9 Å². The molecule has 2 amide bonds. The monoisotopic (exact) mass is 375 g/mol. The van der Waals surface area contributed by atoms with Crippen molar-refractivity contribution in [2.45, 2.75) is 6.92 Å². The first-order chi connectivity index (χ1) is 13.6. The quantitative estimate of drug-likeness (QED) is 0.761. The van der Waals surface area contributed by atoms with Gasteiger partial charge in [0.1, 0.15) is 5.69 Å². The summed E-state index contributed by atoms with van der Waals surface area (Å²) in [5.41, 5.74) is 2.96. The molecule has 4 rings (SSSR count). The van der Waals surface area contributed by atoms with E-state index in [1.165, 1.54) is 0 Å². The van der Waals surface area contributed by atoms with Crippen LogP contribution in [0.25, 0.3) is 10.9 Å². The van der Waals surface area contributed by atoms with Crippen molar-refractivity contribution in [2.75, 3.05) is 31.5 Å². The summed E-state index contributed by atoms with van der Waals surface area (Å²) >= 11 is 0. The van der Waals surface area contributed by atoms with E-state index in [1.807, 2.05) is 36.4 Å². The van der Waals surface area contributed by atoms with Gasteiger partial charge in [0.15, 0.2) is 0 Å². The Bertz CT molecular complexity index is 1010. The molecule has 1 N–H and O–H groups in total. The molecular formula is C21H21N5O2. The standard InChI is InChI=1S/C21H21N5O2/c1-15(27)25-10-12-26(13-11-25)21(28)19-8-7-17(14-23-19)24-18-6-2-4-16-5-3-9-22-20(16)18/h2-9,14,24H,10-13H2,1H3. The molecule has 1 aliphatic heterocycles. The van der Waals surface area contributed by atoms with Crippen molar-refractivity contribution in [3.63, 3.8) is 0 Å². The molecule has 0 atom stereocenters. The predicted octanol–water partition coefficient (Wildman–Crippen LogP) is 2.68. The number of benzene rings is 1. The number of anilines is 2. The summed E-state index contributed by atoms with van der Waals surface area (Å²) in [6, 6.07) is 13.4. The van der Waals surface area contributed by atoms with Crippen LogP contribution in [0.4, 0.5) is 11.4 Å². The normalized spacial score (nSPS) is 14.2. The maximum Gasteiger partial charge on any atom is 0.272 e. The molecule has 7 nitrogen and oxygen atoms in total. The number of para-hydroxylation sites is 1. The van der Waals surface area contributed by atoms with Gasteiger partial charge in [0, 0.05) is 44.7 Å². The van der Waals surface area contributed by atoms with Crippen molar-refractivity contribution < 1.29 is 9.59 Å². The lowest BCUT2D eigenvalue weighted by Gasteiger charge is -2.34. The second kappa shape index (κ2) is 7.64. The van der Waals surface area contributed by atoms with E-state index in [9.17, 15) is 9.59 Å². The number of aromatic nitrogens is 2. The summed E-state index contributed by atoms with van der Waals surface area (Å²) < 4.78 is 0. The molecule has 1 aliphatic rings. The van der Waals surface area contributed by atoms with E-state index < -0.39 is 0 Å². The number of hydrogen-bond donors (Lipinski definition) is 1. The van der Waals surface area contributed by atoms with Crippen molar-refractivity contribution in [3.05, 3.63) is 60.6 Å². The maximum atomic E-state index is 12.7. The highest BCUT2D eigenvalue weighted by atomic mass is 16.2. The van der Waals surface area contributed by atoms with Crippen molar-refractivity contribution in [2.24, 2.45) is 0 Å². The highest BCUT2D eigenvalue weighted by Crippen LogP contribution is 2.24. The SMILES string of the molecule is CC(=O)N1CCN(C(=O)c2ccc(Nc3cccc4cccnc34)cn2)CC1. The second-order valence-electron chi connectivity index (χ2n) is 6.74. The Labute approximate surface area is 163 Å². The van der Waals surface area contributed by atoms with Crippen molar-refractivity contribution >= 4 is 34.1 Å². The number of hydrogen-bond acceptors (Lipinski definition) is 5. The third-order valence-electron chi connectivity index (χ3n) is 4.91. The minimum Gasteiger partial charge on any atom is -0.352 e. The Balaban J connectivity index is 1.45. The highest BCUT2D eigenvalue weighted by Gasteiger charge is 2.23. The number of fused-ring (bicyclic) bond motifs is 1. The van der Waals surface area contributed by atoms with Crippen LogP contribution in [0.3, 0.4) is 0 Å². The van der Waals surface area contributed by atoms with Gasteiger partial charge in [0.2, 0.25) is 5.91 Å². The minimum absolute atomic E-state index is 0.0450. The fraction of sp³-hybridized carbons (Fsp3) is 0.238. The molecule has 1 saturated heterocycles. The zero-order valence-electron chi connectivity index (χ0n) is 15.6. The fourth-order valence-electron chi connectivity index (χ4n) is 3.34. The van der Waals surface area contributed by atoms with Gasteiger partial charge in [0.25, 0.3) is 5.91 Å². The van der Waals surface area contributed by atoms with Gasteiger partial charge in [-0.3, -0.25) is 14.6 Å². The third-order valence-corrected chi connectivity index (χ3v) is 4.91. The maximum absolute atomic E-state index is 12.7. The van der Waals surface area contributed by atoms with Crippen LogP contribution in [0.5, 0.6) is 0 Å². The van der Waals surface area contributed by atoms with Crippen molar-refractivity contribution in [1.82, 2.24) is 19.8 Å². The van der Waals surface area contributed by atoms with Crippen molar-refractivity contribution in [3.8, 4) is 0 Å². The van der Waals surface area contributed by atoms with Crippen molar-refractivity contribution in [1.29, 1.82) is 0 Å². The zero-order chi connectivity index (χ0) is 19.5. The average molecular weight is 375 g/mol. The van der Waals surface area contributed by atoms with Gasteiger partial charge in [-0.15, -0.1) is 0 Å².